The minimum Gasteiger partial charge on any atom is -0.375 e. The van der Waals surface area contributed by atoms with Gasteiger partial charge in [-0.25, -0.2) is 4.39 Å². The van der Waals surface area contributed by atoms with Crippen molar-refractivity contribution in [1.29, 1.82) is 0 Å². The second-order valence-electron chi connectivity index (χ2n) is 9.05. The highest BCUT2D eigenvalue weighted by atomic mass is 19.1. The standard InChI is InChI=1S/C23H29FN6O3/c1-3-19-17-5-4-6-18(24)22(17)30(26-19)23-25-20(33-27-23)9-15-7-8-28(10-15)11-16-12-29(13-16)21(31)14-32-2/h4-6,15-16H,3,7-14H2,1-2H3/t15-/m0/s1. The van der Waals surface area contributed by atoms with E-state index in [1.807, 2.05) is 17.9 Å². The number of rotatable bonds is 8. The van der Waals surface area contributed by atoms with E-state index in [1.54, 1.807) is 13.2 Å². The summed E-state index contributed by atoms with van der Waals surface area (Å²) in [5.41, 5.74) is 1.19. The summed E-state index contributed by atoms with van der Waals surface area (Å²) in [6.45, 7) is 6.77. The van der Waals surface area contributed by atoms with E-state index >= 15 is 0 Å². The van der Waals surface area contributed by atoms with Gasteiger partial charge >= 0.3 is 0 Å². The average molecular weight is 457 g/mol. The minimum absolute atomic E-state index is 0.0659. The molecule has 1 atom stereocenters. The first kappa shape index (κ1) is 22.0. The minimum atomic E-state index is -0.351. The van der Waals surface area contributed by atoms with Crippen molar-refractivity contribution in [2.75, 3.05) is 46.4 Å². The Morgan fingerprint density at radius 1 is 1.27 bits per heavy atom. The Labute approximate surface area is 191 Å². The van der Waals surface area contributed by atoms with Crippen LogP contribution in [0.1, 0.15) is 24.9 Å². The average Bonchev–Trinajstić information content (AvgIpc) is 3.49. The molecule has 5 rings (SSSR count). The van der Waals surface area contributed by atoms with E-state index in [0.29, 0.717) is 36.1 Å². The first-order valence-corrected chi connectivity index (χ1v) is 11.5. The van der Waals surface area contributed by atoms with Crippen molar-refractivity contribution in [3.63, 3.8) is 0 Å². The highest BCUT2D eigenvalue weighted by molar-refractivity contribution is 5.83. The van der Waals surface area contributed by atoms with Gasteiger partial charge in [-0.2, -0.15) is 14.8 Å². The summed E-state index contributed by atoms with van der Waals surface area (Å²) >= 11 is 0. The summed E-state index contributed by atoms with van der Waals surface area (Å²) in [6.07, 6.45) is 2.44. The third-order valence-corrected chi connectivity index (χ3v) is 6.64. The molecule has 0 aliphatic carbocycles. The summed E-state index contributed by atoms with van der Waals surface area (Å²) in [5, 5.41) is 9.38. The van der Waals surface area contributed by atoms with Crippen LogP contribution in [0, 0.1) is 17.7 Å². The number of halogens is 1. The normalized spacial score (nSPS) is 19.5. The van der Waals surface area contributed by atoms with E-state index in [4.69, 9.17) is 9.26 Å². The number of ether oxygens (including phenoxy) is 1. The molecule has 0 unspecified atom stereocenters. The van der Waals surface area contributed by atoms with Gasteiger partial charge in [0.15, 0.2) is 0 Å². The molecule has 0 radical (unpaired) electrons. The highest BCUT2D eigenvalue weighted by Crippen LogP contribution is 2.26. The van der Waals surface area contributed by atoms with Crippen LogP contribution >= 0.6 is 0 Å². The molecule has 1 aromatic carbocycles. The molecule has 10 heteroatoms. The summed E-state index contributed by atoms with van der Waals surface area (Å²) in [6, 6.07) is 4.97. The molecule has 1 amide bonds. The van der Waals surface area contributed by atoms with Gasteiger partial charge in [-0.15, -0.1) is 0 Å². The van der Waals surface area contributed by atoms with Crippen molar-refractivity contribution in [1.82, 2.24) is 29.7 Å². The Bertz CT molecular complexity index is 1140. The largest absolute Gasteiger partial charge is 0.375 e. The third-order valence-electron chi connectivity index (χ3n) is 6.64. The zero-order valence-electron chi connectivity index (χ0n) is 19.0. The number of hydrogen-bond acceptors (Lipinski definition) is 7. The first-order valence-electron chi connectivity index (χ1n) is 11.5. The second-order valence-corrected chi connectivity index (χ2v) is 9.05. The van der Waals surface area contributed by atoms with Gasteiger partial charge in [0.2, 0.25) is 11.8 Å². The molecule has 9 nitrogen and oxygen atoms in total. The zero-order valence-corrected chi connectivity index (χ0v) is 19.0. The molecule has 0 spiro atoms. The summed E-state index contributed by atoms with van der Waals surface area (Å²) in [7, 11) is 1.55. The lowest BCUT2D eigenvalue weighted by molar-refractivity contribution is -0.141. The predicted molar refractivity (Wildman–Crippen MR) is 118 cm³/mol. The monoisotopic (exact) mass is 456 g/mol. The molecule has 2 fully saturated rings. The number of aromatic nitrogens is 4. The maximum atomic E-state index is 14.5. The maximum Gasteiger partial charge on any atom is 0.291 e. The van der Waals surface area contributed by atoms with Crippen LogP contribution in [-0.2, 0) is 22.4 Å². The quantitative estimate of drug-likeness (QED) is 0.513. The fourth-order valence-corrected chi connectivity index (χ4v) is 4.97. The number of fused-ring (bicyclic) bond motifs is 1. The van der Waals surface area contributed by atoms with Crippen LogP contribution in [0.15, 0.2) is 22.7 Å². The lowest BCUT2D eigenvalue weighted by atomic mass is 9.99. The fourth-order valence-electron chi connectivity index (χ4n) is 4.97. The van der Waals surface area contributed by atoms with Crippen molar-refractivity contribution in [2.24, 2.45) is 11.8 Å². The lowest BCUT2D eigenvalue weighted by Gasteiger charge is -2.41. The molecule has 0 saturated carbocycles. The number of hydrogen-bond donors (Lipinski definition) is 0. The van der Waals surface area contributed by atoms with Gasteiger partial charge in [0.25, 0.3) is 5.95 Å². The van der Waals surface area contributed by atoms with Crippen molar-refractivity contribution < 1.29 is 18.4 Å². The molecule has 176 valence electrons. The van der Waals surface area contributed by atoms with Crippen LogP contribution in [0.3, 0.4) is 0 Å². The molecule has 4 heterocycles. The Balaban J connectivity index is 1.18. The Morgan fingerprint density at radius 2 is 2.12 bits per heavy atom. The van der Waals surface area contributed by atoms with Crippen LogP contribution in [0.25, 0.3) is 16.9 Å². The van der Waals surface area contributed by atoms with Gasteiger partial charge in [0.1, 0.15) is 17.9 Å². The molecule has 0 bridgehead atoms. The number of aryl methyl sites for hydroxylation is 1. The van der Waals surface area contributed by atoms with Crippen molar-refractivity contribution in [2.45, 2.75) is 26.2 Å². The van der Waals surface area contributed by atoms with Crippen molar-refractivity contribution in [3.05, 3.63) is 35.6 Å². The third kappa shape index (κ3) is 4.37. The molecule has 2 saturated heterocycles. The second kappa shape index (κ2) is 9.18. The lowest BCUT2D eigenvalue weighted by Crippen LogP contribution is -2.54. The zero-order chi connectivity index (χ0) is 22.9. The topological polar surface area (TPSA) is 89.5 Å². The Morgan fingerprint density at radius 3 is 2.91 bits per heavy atom. The van der Waals surface area contributed by atoms with Crippen LogP contribution in [-0.4, -0.2) is 82.1 Å². The summed E-state index contributed by atoms with van der Waals surface area (Å²) in [4.78, 5) is 20.6. The molecule has 2 aliphatic heterocycles. The number of benzene rings is 1. The molecule has 3 aromatic rings. The van der Waals surface area contributed by atoms with E-state index in [2.05, 4.69) is 20.1 Å². The Kier molecular flexibility index (Phi) is 6.11. The molecule has 2 aromatic heterocycles. The predicted octanol–water partition coefficient (Wildman–Crippen LogP) is 2.08. The number of likely N-dealkylation sites (tertiary alicyclic amines) is 2. The SMILES string of the molecule is CCc1nn(-c2noc(C[C@@H]3CCN(CC4CN(C(=O)COC)C4)C3)n2)c2c(F)cccc12. The van der Waals surface area contributed by atoms with Gasteiger partial charge < -0.3 is 19.1 Å². The van der Waals surface area contributed by atoms with E-state index in [9.17, 15) is 9.18 Å². The Hall–Kier alpha value is -2.85. The molecular weight excluding hydrogens is 427 g/mol. The fraction of sp³-hybridized carbons (Fsp3) is 0.565. The number of nitrogens with zero attached hydrogens (tertiary/aromatic N) is 6. The van der Waals surface area contributed by atoms with Crippen molar-refractivity contribution >= 4 is 16.8 Å². The summed E-state index contributed by atoms with van der Waals surface area (Å²) in [5.74, 6) is 1.49. The van der Waals surface area contributed by atoms with Gasteiger partial charge in [0, 0.05) is 51.0 Å². The summed E-state index contributed by atoms with van der Waals surface area (Å²) < 4.78 is 26.4. The van der Waals surface area contributed by atoms with Crippen LogP contribution in [0.4, 0.5) is 4.39 Å². The molecule has 2 aliphatic rings. The number of amides is 1. The van der Waals surface area contributed by atoms with E-state index in [-0.39, 0.29) is 24.3 Å². The molecular formula is C23H29FN6O3. The van der Waals surface area contributed by atoms with Gasteiger partial charge in [-0.1, -0.05) is 19.1 Å². The first-order chi connectivity index (χ1) is 16.1. The van der Waals surface area contributed by atoms with Crippen LogP contribution in [0.5, 0.6) is 0 Å². The number of carbonyl (C=O) groups is 1. The maximum absolute atomic E-state index is 14.5. The van der Waals surface area contributed by atoms with Crippen LogP contribution in [0.2, 0.25) is 0 Å². The number of methoxy groups -OCH3 is 1. The highest BCUT2D eigenvalue weighted by Gasteiger charge is 2.34. The number of para-hydroxylation sites is 1. The number of carbonyl (C=O) groups excluding carboxylic acids is 1. The smallest absolute Gasteiger partial charge is 0.291 e. The van der Waals surface area contributed by atoms with Crippen molar-refractivity contribution in [3.8, 4) is 5.95 Å². The van der Waals surface area contributed by atoms with E-state index in [1.165, 1.54) is 10.7 Å². The van der Waals surface area contributed by atoms with Crippen LogP contribution < -0.4 is 0 Å². The molecule has 0 N–H and O–H groups in total. The van der Waals surface area contributed by atoms with Gasteiger partial charge in [0.05, 0.1) is 5.69 Å². The van der Waals surface area contributed by atoms with E-state index < -0.39 is 0 Å². The van der Waals surface area contributed by atoms with E-state index in [0.717, 1.165) is 50.2 Å². The van der Waals surface area contributed by atoms with Gasteiger partial charge in [-0.3, -0.25) is 4.79 Å². The molecule has 33 heavy (non-hydrogen) atoms. The van der Waals surface area contributed by atoms with Gasteiger partial charge in [-0.05, 0) is 36.5 Å².